The molecule has 0 aliphatic carbocycles. The number of aliphatic hydroxyl groups is 2. The second-order valence-electron chi connectivity index (χ2n) is 3.00. The minimum absolute atomic E-state index is 0.245. The average Bonchev–Trinajstić information content (AvgIpc) is 2.30. The van der Waals surface area contributed by atoms with Crippen LogP contribution in [-0.2, 0) is 0 Å². The van der Waals surface area contributed by atoms with Gasteiger partial charge in [-0.05, 0) is 30.0 Å². The third-order valence-electron chi connectivity index (χ3n) is 1.97. The van der Waals surface area contributed by atoms with E-state index in [1.54, 1.807) is 6.07 Å². The molecular weight excluding hydrogens is 226 g/mol. The van der Waals surface area contributed by atoms with E-state index in [0.717, 1.165) is 11.8 Å². The molecule has 5 nitrogen and oxygen atoms in total. The van der Waals surface area contributed by atoms with Crippen LogP contribution in [0, 0.1) is 22.0 Å². The summed E-state index contributed by atoms with van der Waals surface area (Å²) in [6.45, 7) is 0. The molecule has 16 heavy (non-hydrogen) atoms. The van der Waals surface area contributed by atoms with E-state index in [1.165, 1.54) is 18.2 Å². The first-order chi connectivity index (χ1) is 7.60. The highest BCUT2D eigenvalue weighted by Gasteiger charge is 2.20. The maximum atomic E-state index is 9.62. The molecule has 0 bridgehead atoms. The van der Waals surface area contributed by atoms with Crippen LogP contribution in [0.25, 0.3) is 0 Å². The molecule has 1 aromatic carbocycles. The van der Waals surface area contributed by atoms with Gasteiger partial charge in [0, 0.05) is 16.1 Å². The molecule has 0 heterocycles. The van der Waals surface area contributed by atoms with Crippen LogP contribution in [0.1, 0.15) is 11.7 Å². The summed E-state index contributed by atoms with van der Waals surface area (Å²) in [6.07, 6.45) is -2.91. The summed E-state index contributed by atoms with van der Waals surface area (Å²) < 4.78 is 0. The first-order valence-electron chi connectivity index (χ1n) is 4.31. The number of thioether (sulfide) groups is 1. The maximum Gasteiger partial charge on any atom is 0.170 e. The fourth-order valence-electron chi connectivity index (χ4n) is 1.17. The summed E-state index contributed by atoms with van der Waals surface area (Å²) in [5.41, 5.74) is 6.12. The van der Waals surface area contributed by atoms with Gasteiger partial charge >= 0.3 is 0 Å². The molecule has 2 unspecified atom stereocenters. The van der Waals surface area contributed by atoms with E-state index in [0.29, 0.717) is 4.90 Å². The average molecular weight is 235 g/mol. The summed E-state index contributed by atoms with van der Waals surface area (Å²) in [5, 5.41) is 37.6. The third-order valence-corrected chi connectivity index (χ3v) is 2.55. The molecule has 0 spiro atoms. The topological polar surface area (TPSA) is 114 Å². The quantitative estimate of drug-likeness (QED) is 0.308. The zero-order chi connectivity index (χ0) is 12.1. The van der Waals surface area contributed by atoms with Crippen molar-refractivity contribution in [1.29, 1.82) is 10.5 Å². The van der Waals surface area contributed by atoms with Gasteiger partial charge in [0.2, 0.25) is 0 Å². The predicted molar refractivity (Wildman–Crippen MR) is 58.9 cm³/mol. The number of thiocyanates is 1. The van der Waals surface area contributed by atoms with Crippen molar-refractivity contribution in [2.75, 3.05) is 5.73 Å². The van der Waals surface area contributed by atoms with Crippen LogP contribution in [0.5, 0.6) is 0 Å². The Kier molecular flexibility index (Phi) is 4.15. The lowest BCUT2D eigenvalue weighted by Gasteiger charge is -2.14. The molecule has 2 atom stereocenters. The Bertz CT molecular complexity index is 464. The number of hydrogen-bond acceptors (Lipinski definition) is 6. The molecule has 82 valence electrons. The van der Waals surface area contributed by atoms with Gasteiger partial charge in [0.25, 0.3) is 0 Å². The van der Waals surface area contributed by atoms with Crippen molar-refractivity contribution in [2.45, 2.75) is 17.1 Å². The predicted octanol–water partition coefficient (Wildman–Crippen LogP) is 0.760. The van der Waals surface area contributed by atoms with Crippen molar-refractivity contribution < 1.29 is 10.2 Å². The molecule has 0 radical (unpaired) electrons. The van der Waals surface area contributed by atoms with Crippen molar-refractivity contribution in [3.63, 3.8) is 0 Å². The van der Waals surface area contributed by atoms with Crippen LogP contribution in [0.3, 0.4) is 0 Å². The monoisotopic (exact) mass is 235 g/mol. The van der Waals surface area contributed by atoms with Gasteiger partial charge in [0.1, 0.15) is 11.5 Å². The highest BCUT2D eigenvalue weighted by molar-refractivity contribution is 8.03. The van der Waals surface area contributed by atoms with Gasteiger partial charge < -0.3 is 15.9 Å². The van der Waals surface area contributed by atoms with Crippen LogP contribution >= 0.6 is 11.8 Å². The van der Waals surface area contributed by atoms with E-state index in [-0.39, 0.29) is 11.3 Å². The fraction of sp³-hybridized carbons (Fsp3) is 0.200. The first-order valence-corrected chi connectivity index (χ1v) is 5.13. The normalized spacial score (nSPS) is 13.5. The van der Waals surface area contributed by atoms with Gasteiger partial charge in [-0.15, -0.1) is 0 Å². The van der Waals surface area contributed by atoms with Crippen LogP contribution in [0.15, 0.2) is 23.1 Å². The Morgan fingerprint density at radius 2 is 2.00 bits per heavy atom. The van der Waals surface area contributed by atoms with Crippen LogP contribution in [0.2, 0.25) is 0 Å². The number of hydrogen-bond donors (Lipinski definition) is 3. The van der Waals surface area contributed by atoms with Crippen molar-refractivity contribution >= 4 is 17.4 Å². The summed E-state index contributed by atoms with van der Waals surface area (Å²) in [5.74, 6) is 0. The highest BCUT2D eigenvalue weighted by Crippen LogP contribution is 2.28. The Morgan fingerprint density at radius 1 is 1.31 bits per heavy atom. The van der Waals surface area contributed by atoms with Gasteiger partial charge in [-0.25, -0.2) is 0 Å². The summed E-state index contributed by atoms with van der Waals surface area (Å²) in [6, 6.07) is 6.14. The summed E-state index contributed by atoms with van der Waals surface area (Å²) >= 11 is 0.909. The lowest BCUT2D eigenvalue weighted by atomic mass is 10.0. The highest BCUT2D eigenvalue weighted by atomic mass is 32.2. The van der Waals surface area contributed by atoms with E-state index in [4.69, 9.17) is 16.3 Å². The van der Waals surface area contributed by atoms with Crippen molar-refractivity contribution in [3.8, 4) is 11.5 Å². The molecule has 6 heteroatoms. The molecule has 4 N–H and O–H groups in total. The number of aliphatic hydroxyl groups excluding tert-OH is 2. The number of nitrogens with two attached hydrogens (primary N) is 1. The van der Waals surface area contributed by atoms with Gasteiger partial charge in [-0.1, -0.05) is 0 Å². The van der Waals surface area contributed by atoms with Gasteiger partial charge in [0.05, 0.1) is 6.07 Å². The van der Waals surface area contributed by atoms with Gasteiger partial charge in [-0.3, -0.25) is 0 Å². The van der Waals surface area contributed by atoms with Crippen LogP contribution in [-0.4, -0.2) is 16.3 Å². The number of nitriles is 2. The zero-order valence-corrected chi connectivity index (χ0v) is 8.98. The van der Waals surface area contributed by atoms with Crippen molar-refractivity contribution in [2.24, 2.45) is 0 Å². The largest absolute Gasteiger partial charge is 0.398 e. The molecule has 0 fully saturated rings. The lowest BCUT2D eigenvalue weighted by Crippen LogP contribution is -2.17. The van der Waals surface area contributed by atoms with Gasteiger partial charge in [-0.2, -0.15) is 10.5 Å². The minimum Gasteiger partial charge on any atom is -0.398 e. The van der Waals surface area contributed by atoms with Crippen molar-refractivity contribution in [3.05, 3.63) is 23.8 Å². The maximum absolute atomic E-state index is 9.62. The standard InChI is InChI=1S/C10H9N3O2S/c11-4-9(14)10(15)7-3-6(16-5-12)1-2-8(7)13/h1-3,9-10,14-15H,13H2. The van der Waals surface area contributed by atoms with E-state index >= 15 is 0 Å². The number of benzene rings is 1. The van der Waals surface area contributed by atoms with E-state index in [1.807, 2.05) is 5.40 Å². The molecule has 0 saturated carbocycles. The number of nitrogen functional groups attached to an aromatic ring is 1. The smallest absolute Gasteiger partial charge is 0.170 e. The zero-order valence-electron chi connectivity index (χ0n) is 8.16. The lowest BCUT2D eigenvalue weighted by molar-refractivity contribution is 0.0531. The molecular formula is C10H9N3O2S. The molecule has 0 saturated heterocycles. The SMILES string of the molecule is N#CSc1ccc(N)c(C(O)C(O)C#N)c1. The van der Waals surface area contributed by atoms with E-state index in [2.05, 4.69) is 0 Å². The molecule has 0 aromatic heterocycles. The number of anilines is 1. The Balaban J connectivity index is 3.08. The number of nitrogens with zero attached hydrogens (tertiary/aromatic N) is 2. The molecule has 0 aliphatic rings. The van der Waals surface area contributed by atoms with E-state index < -0.39 is 12.2 Å². The van der Waals surface area contributed by atoms with E-state index in [9.17, 15) is 10.2 Å². The van der Waals surface area contributed by atoms with Crippen LogP contribution in [0.4, 0.5) is 5.69 Å². The second kappa shape index (κ2) is 5.38. The van der Waals surface area contributed by atoms with Crippen LogP contribution < -0.4 is 5.73 Å². The summed E-state index contributed by atoms with van der Waals surface area (Å²) in [4.78, 5) is 0.593. The Hall–Kier alpha value is -1.73. The molecule has 0 amide bonds. The molecule has 1 aromatic rings. The molecule has 0 aliphatic heterocycles. The van der Waals surface area contributed by atoms with Crippen molar-refractivity contribution in [1.82, 2.24) is 0 Å². The Labute approximate surface area is 96.7 Å². The third kappa shape index (κ3) is 2.65. The summed E-state index contributed by atoms with van der Waals surface area (Å²) in [7, 11) is 0. The number of rotatable bonds is 3. The second-order valence-corrected chi connectivity index (χ2v) is 3.86. The Morgan fingerprint density at radius 3 is 2.56 bits per heavy atom. The molecule has 1 rings (SSSR count). The first kappa shape index (κ1) is 12.3. The fourth-order valence-corrected chi connectivity index (χ4v) is 1.59. The van der Waals surface area contributed by atoms with Gasteiger partial charge in [0.15, 0.2) is 6.10 Å². The minimum atomic E-state index is -1.54.